The Kier molecular flexibility index (Phi) is 4.87. The van der Waals surface area contributed by atoms with Crippen molar-refractivity contribution in [2.75, 3.05) is 18.5 Å². The molecule has 0 bridgehead atoms. The molecule has 0 fully saturated rings. The zero-order valence-electron chi connectivity index (χ0n) is 18.0. The molecule has 1 amide bonds. The number of nitrogens with one attached hydrogen (secondary N) is 1. The van der Waals surface area contributed by atoms with Gasteiger partial charge in [0.05, 0.1) is 13.2 Å². The second-order valence-corrected chi connectivity index (χ2v) is 8.38. The van der Waals surface area contributed by atoms with E-state index >= 15 is 0 Å². The van der Waals surface area contributed by atoms with Crippen molar-refractivity contribution in [3.05, 3.63) is 77.5 Å². The van der Waals surface area contributed by atoms with Gasteiger partial charge in [0.25, 0.3) is 0 Å². The number of benzene rings is 2. The summed E-state index contributed by atoms with van der Waals surface area (Å²) in [7, 11) is 0. The molecule has 1 aromatic heterocycles. The number of rotatable bonds is 4. The van der Waals surface area contributed by atoms with Crippen LogP contribution in [-0.4, -0.2) is 35.6 Å². The van der Waals surface area contributed by atoms with E-state index in [-0.39, 0.29) is 11.8 Å². The van der Waals surface area contributed by atoms with E-state index in [4.69, 9.17) is 14.5 Å². The van der Waals surface area contributed by atoms with Crippen LogP contribution in [0, 0.1) is 5.92 Å². The van der Waals surface area contributed by atoms with E-state index in [9.17, 15) is 4.79 Å². The molecule has 33 heavy (non-hydrogen) atoms. The maximum absolute atomic E-state index is 11.7. The molecule has 7 nitrogen and oxygen atoms in total. The Morgan fingerprint density at radius 3 is 2.88 bits per heavy atom. The average molecular weight is 438 g/mol. The van der Waals surface area contributed by atoms with E-state index < -0.39 is 0 Å². The molecular formula is C26H22N4O3. The fraction of sp³-hybridized carbons (Fsp3) is 0.231. The van der Waals surface area contributed by atoms with Crippen LogP contribution in [0.5, 0.6) is 17.2 Å². The molecule has 0 saturated heterocycles. The first-order chi connectivity index (χ1) is 16.2. The average Bonchev–Trinajstić information content (AvgIpc) is 3.35. The zero-order chi connectivity index (χ0) is 22.2. The van der Waals surface area contributed by atoms with Crippen LogP contribution in [-0.2, 0) is 17.6 Å². The van der Waals surface area contributed by atoms with Crippen molar-refractivity contribution in [1.82, 2.24) is 4.98 Å². The Bertz CT molecular complexity index is 1300. The minimum atomic E-state index is -0.0154. The predicted octanol–water partition coefficient (Wildman–Crippen LogP) is 4.21. The van der Waals surface area contributed by atoms with Gasteiger partial charge in [-0.1, -0.05) is 30.3 Å². The maximum atomic E-state index is 11.7. The van der Waals surface area contributed by atoms with Gasteiger partial charge in [0.2, 0.25) is 5.91 Å². The van der Waals surface area contributed by atoms with Gasteiger partial charge in [0, 0.05) is 35.4 Å². The second kappa shape index (κ2) is 8.16. The fourth-order valence-electron chi connectivity index (χ4n) is 4.45. The third-order valence-corrected chi connectivity index (χ3v) is 6.18. The number of pyridine rings is 1. The van der Waals surface area contributed by atoms with E-state index in [0.29, 0.717) is 37.6 Å². The highest BCUT2D eigenvalue weighted by molar-refractivity contribution is 6.12. The Balaban J connectivity index is 1.21. The van der Waals surface area contributed by atoms with Crippen molar-refractivity contribution in [2.24, 2.45) is 15.9 Å². The Morgan fingerprint density at radius 2 is 1.97 bits per heavy atom. The summed E-state index contributed by atoms with van der Waals surface area (Å²) in [6.07, 6.45) is 3.53. The van der Waals surface area contributed by atoms with Crippen LogP contribution in [0.3, 0.4) is 0 Å². The molecule has 7 heteroatoms. The molecule has 4 heterocycles. The van der Waals surface area contributed by atoms with Gasteiger partial charge in [-0.15, -0.1) is 0 Å². The molecular weight excluding hydrogens is 416 g/mol. The molecule has 3 aromatic rings. The molecule has 2 aromatic carbocycles. The normalized spacial score (nSPS) is 18.9. The highest BCUT2D eigenvalue weighted by Gasteiger charge is 2.27. The molecule has 1 N–H and O–H groups in total. The van der Waals surface area contributed by atoms with Gasteiger partial charge in [-0.3, -0.25) is 9.79 Å². The van der Waals surface area contributed by atoms with Crippen LogP contribution in [0.15, 0.2) is 70.8 Å². The van der Waals surface area contributed by atoms with Crippen LogP contribution >= 0.6 is 0 Å². The SMILES string of the molecule is O=C1CCc2c(Oc3ccc4c(c3)CC(C3=NC(c5ccccc5)=NC3)CO4)ccnc2N1. The number of carbonyl (C=O) groups is 1. The highest BCUT2D eigenvalue weighted by Crippen LogP contribution is 2.36. The van der Waals surface area contributed by atoms with E-state index in [1.165, 1.54) is 0 Å². The summed E-state index contributed by atoms with van der Waals surface area (Å²) >= 11 is 0. The number of nitrogens with zero attached hydrogens (tertiary/aromatic N) is 3. The molecule has 0 spiro atoms. The van der Waals surface area contributed by atoms with Crippen LogP contribution in [0.1, 0.15) is 23.1 Å². The van der Waals surface area contributed by atoms with Crippen molar-refractivity contribution < 1.29 is 14.3 Å². The van der Waals surface area contributed by atoms with E-state index in [1.54, 1.807) is 6.20 Å². The third kappa shape index (κ3) is 3.86. The van der Waals surface area contributed by atoms with Crippen molar-refractivity contribution in [3.63, 3.8) is 0 Å². The number of carbonyl (C=O) groups excluding carboxylic acids is 1. The summed E-state index contributed by atoms with van der Waals surface area (Å²) in [5.74, 6) is 3.87. The molecule has 3 aliphatic heterocycles. The first-order valence-electron chi connectivity index (χ1n) is 11.1. The van der Waals surface area contributed by atoms with Gasteiger partial charge >= 0.3 is 0 Å². The minimum Gasteiger partial charge on any atom is -0.493 e. The summed E-state index contributed by atoms with van der Waals surface area (Å²) in [5.41, 5.74) is 4.12. The summed E-state index contributed by atoms with van der Waals surface area (Å²) in [6, 6.07) is 17.8. The molecule has 0 saturated carbocycles. The maximum Gasteiger partial charge on any atom is 0.225 e. The lowest BCUT2D eigenvalue weighted by atomic mass is 9.92. The Labute approximate surface area is 191 Å². The predicted molar refractivity (Wildman–Crippen MR) is 126 cm³/mol. The van der Waals surface area contributed by atoms with Crippen LogP contribution < -0.4 is 14.8 Å². The molecule has 3 aliphatic rings. The highest BCUT2D eigenvalue weighted by atomic mass is 16.5. The number of hydrogen-bond donors (Lipinski definition) is 1. The van der Waals surface area contributed by atoms with Gasteiger partial charge in [0.15, 0.2) is 5.84 Å². The van der Waals surface area contributed by atoms with Crippen molar-refractivity contribution >= 4 is 23.3 Å². The van der Waals surface area contributed by atoms with Crippen LogP contribution in [0.25, 0.3) is 0 Å². The van der Waals surface area contributed by atoms with E-state index in [0.717, 1.165) is 46.2 Å². The monoisotopic (exact) mass is 438 g/mol. The molecule has 0 radical (unpaired) electrons. The van der Waals surface area contributed by atoms with Crippen LogP contribution in [0.4, 0.5) is 5.82 Å². The number of amides is 1. The van der Waals surface area contributed by atoms with Gasteiger partial charge in [-0.05, 0) is 42.7 Å². The molecule has 0 aliphatic carbocycles. The lowest BCUT2D eigenvalue weighted by Gasteiger charge is -2.26. The largest absolute Gasteiger partial charge is 0.493 e. The van der Waals surface area contributed by atoms with Crippen LogP contribution in [0.2, 0.25) is 0 Å². The first kappa shape index (κ1) is 19.7. The third-order valence-electron chi connectivity index (χ3n) is 6.18. The van der Waals surface area contributed by atoms with Crippen molar-refractivity contribution in [3.8, 4) is 17.2 Å². The summed E-state index contributed by atoms with van der Waals surface area (Å²) in [4.78, 5) is 25.4. The smallest absolute Gasteiger partial charge is 0.225 e. The quantitative estimate of drug-likeness (QED) is 0.661. The number of aromatic nitrogens is 1. The lowest BCUT2D eigenvalue weighted by Crippen LogP contribution is -2.29. The number of amidine groups is 1. The molecule has 1 unspecified atom stereocenters. The molecule has 1 atom stereocenters. The number of ether oxygens (including phenoxy) is 2. The molecule has 6 rings (SSSR count). The van der Waals surface area contributed by atoms with E-state index in [2.05, 4.69) is 15.3 Å². The van der Waals surface area contributed by atoms with Crippen molar-refractivity contribution in [1.29, 1.82) is 0 Å². The van der Waals surface area contributed by atoms with E-state index in [1.807, 2.05) is 54.6 Å². The summed E-state index contributed by atoms with van der Waals surface area (Å²) < 4.78 is 12.3. The fourth-order valence-corrected chi connectivity index (χ4v) is 4.45. The number of hydrogen-bond acceptors (Lipinski definition) is 6. The van der Waals surface area contributed by atoms with Gasteiger partial charge in [-0.25, -0.2) is 9.98 Å². The number of aliphatic imine (C=N–C) groups is 2. The molecule has 164 valence electrons. The Morgan fingerprint density at radius 1 is 1.06 bits per heavy atom. The topological polar surface area (TPSA) is 85.2 Å². The first-order valence-corrected chi connectivity index (χ1v) is 11.1. The second-order valence-electron chi connectivity index (χ2n) is 8.38. The van der Waals surface area contributed by atoms with Gasteiger partial charge in [-0.2, -0.15) is 0 Å². The summed E-state index contributed by atoms with van der Waals surface area (Å²) in [6.45, 7) is 1.21. The minimum absolute atomic E-state index is 0.0154. The zero-order valence-corrected chi connectivity index (χ0v) is 18.0. The Hall–Kier alpha value is -4.00. The number of fused-ring (bicyclic) bond motifs is 2. The standard InChI is InChI=1S/C26H22N4O3/c31-24-9-7-20-23(10-11-27-26(20)30-24)33-19-6-8-22-17(13-19)12-18(15-32-22)21-14-28-25(29-21)16-4-2-1-3-5-16/h1-6,8,10-11,13,18H,7,9,12,14-15H2,(H,27,30,31). The lowest BCUT2D eigenvalue weighted by molar-refractivity contribution is -0.116. The van der Waals surface area contributed by atoms with Gasteiger partial charge < -0.3 is 14.8 Å². The van der Waals surface area contributed by atoms with Gasteiger partial charge in [0.1, 0.15) is 23.1 Å². The number of anilines is 1. The summed E-state index contributed by atoms with van der Waals surface area (Å²) in [5, 5.41) is 2.81. The van der Waals surface area contributed by atoms with Crippen molar-refractivity contribution in [2.45, 2.75) is 19.3 Å².